The van der Waals surface area contributed by atoms with Gasteiger partial charge in [0.25, 0.3) is 5.91 Å². The van der Waals surface area contributed by atoms with Crippen molar-refractivity contribution in [3.8, 4) is 17.1 Å². The molecule has 0 fully saturated rings. The second-order valence-corrected chi connectivity index (χ2v) is 8.70. The Bertz CT molecular complexity index is 1960. The van der Waals surface area contributed by atoms with Gasteiger partial charge >= 0.3 is 0 Å². The van der Waals surface area contributed by atoms with Crippen molar-refractivity contribution in [2.24, 2.45) is 4.99 Å². The molecule has 4 heteroatoms. The van der Waals surface area contributed by atoms with Gasteiger partial charge in [0.05, 0.1) is 18.0 Å². The summed E-state index contributed by atoms with van der Waals surface area (Å²) in [5.74, 6) is 1.16. The maximum absolute atomic E-state index is 13.4. The highest BCUT2D eigenvalue weighted by Crippen LogP contribution is 2.42. The van der Waals surface area contributed by atoms with E-state index in [1.54, 1.807) is 7.11 Å². The predicted molar refractivity (Wildman–Crippen MR) is 138 cm³/mol. The lowest BCUT2D eigenvalue weighted by Crippen LogP contribution is -2.22. The largest absolute Gasteiger partial charge is 0.497 e. The minimum absolute atomic E-state index is 0.254. The Balaban J connectivity index is 1.67. The standard InChI is InChI=1S/C31H19NO3/c1-34-22-14-12-19-13-15-26-27(24(19)17-22)29(28-23-8-4-5-9-25(23)32-31(28)33)30(35-26)21-11-10-18-6-2-3-7-20(18)16-21/h2-17H,1H3. The van der Waals surface area contributed by atoms with E-state index in [2.05, 4.69) is 35.3 Å². The van der Waals surface area contributed by atoms with Crippen LogP contribution in [0.15, 0.2) is 106 Å². The second kappa shape index (κ2) is 7.40. The molecule has 0 aliphatic carbocycles. The van der Waals surface area contributed by atoms with Crippen LogP contribution in [0.25, 0.3) is 49.4 Å². The molecule has 1 aromatic heterocycles. The Kier molecular flexibility index (Phi) is 4.18. The number of carbonyl (C=O) groups excluding carboxylic acids is 1. The number of rotatable bonds is 3. The van der Waals surface area contributed by atoms with Crippen LogP contribution in [0.3, 0.4) is 0 Å². The molecule has 0 atom stereocenters. The zero-order chi connectivity index (χ0) is 23.5. The van der Waals surface area contributed by atoms with Crippen LogP contribution >= 0.6 is 0 Å². The Labute approximate surface area is 200 Å². The van der Waals surface area contributed by atoms with Crippen LogP contribution in [0, 0.1) is 0 Å². The van der Waals surface area contributed by atoms with E-state index in [0.29, 0.717) is 22.3 Å². The Morgan fingerprint density at radius 3 is 2.43 bits per heavy atom. The molecule has 0 saturated heterocycles. The molecule has 6 aromatic rings. The number of furan rings is 1. The van der Waals surface area contributed by atoms with Crippen molar-refractivity contribution < 1.29 is 13.9 Å². The Morgan fingerprint density at radius 2 is 1.54 bits per heavy atom. The maximum Gasteiger partial charge on any atom is 0.279 e. The molecule has 0 spiro atoms. The van der Waals surface area contributed by atoms with Crippen molar-refractivity contribution in [2.45, 2.75) is 0 Å². The molecule has 1 aliphatic rings. The van der Waals surface area contributed by atoms with Crippen LogP contribution < -0.4 is 15.3 Å². The van der Waals surface area contributed by atoms with E-state index in [9.17, 15) is 4.79 Å². The highest BCUT2D eigenvalue weighted by molar-refractivity contribution is 6.28. The fraction of sp³-hybridized carbons (Fsp3) is 0.0323. The zero-order valence-electron chi connectivity index (χ0n) is 18.9. The van der Waals surface area contributed by atoms with Crippen molar-refractivity contribution in [2.75, 3.05) is 7.11 Å². The molecule has 1 amide bonds. The van der Waals surface area contributed by atoms with Crippen LogP contribution in [0.5, 0.6) is 5.75 Å². The average Bonchev–Trinajstić information content (AvgIpc) is 3.44. The zero-order valence-corrected chi connectivity index (χ0v) is 18.9. The summed E-state index contributed by atoms with van der Waals surface area (Å²) in [6.45, 7) is 0. The number of benzene rings is 5. The first-order chi connectivity index (χ1) is 17.2. The molecule has 0 N–H and O–H groups in total. The predicted octanol–water partition coefficient (Wildman–Crippen LogP) is 5.77. The van der Waals surface area contributed by atoms with Crippen LogP contribution in [0.1, 0.15) is 5.56 Å². The summed E-state index contributed by atoms with van der Waals surface area (Å²) < 4.78 is 12.1. The molecular weight excluding hydrogens is 434 g/mol. The number of fused-ring (bicyclic) bond motifs is 5. The van der Waals surface area contributed by atoms with Crippen molar-refractivity contribution in [1.82, 2.24) is 0 Å². The first-order valence-corrected chi connectivity index (χ1v) is 11.5. The summed E-state index contributed by atoms with van der Waals surface area (Å²) in [4.78, 5) is 17.7. The van der Waals surface area contributed by atoms with Crippen molar-refractivity contribution in [1.29, 1.82) is 0 Å². The molecule has 0 radical (unpaired) electrons. The van der Waals surface area contributed by atoms with E-state index >= 15 is 0 Å². The van der Waals surface area contributed by atoms with Gasteiger partial charge in [0.15, 0.2) is 0 Å². The minimum atomic E-state index is -0.254. The van der Waals surface area contributed by atoms with Gasteiger partial charge in [-0.1, -0.05) is 66.7 Å². The van der Waals surface area contributed by atoms with Gasteiger partial charge in [0.2, 0.25) is 0 Å². The average molecular weight is 453 g/mol. The molecule has 7 rings (SSSR count). The molecular formula is C31H19NO3. The molecule has 0 bridgehead atoms. The summed E-state index contributed by atoms with van der Waals surface area (Å²) in [7, 11) is 1.66. The smallest absolute Gasteiger partial charge is 0.279 e. The van der Waals surface area contributed by atoms with Crippen LogP contribution in [-0.4, -0.2) is 13.0 Å². The summed E-state index contributed by atoms with van der Waals surface area (Å²) in [6, 6.07) is 32.1. The van der Waals surface area contributed by atoms with E-state index in [0.717, 1.165) is 49.0 Å². The minimum Gasteiger partial charge on any atom is -0.497 e. The van der Waals surface area contributed by atoms with E-state index in [-0.39, 0.29) is 5.91 Å². The van der Waals surface area contributed by atoms with E-state index in [1.807, 2.05) is 66.7 Å². The second-order valence-electron chi connectivity index (χ2n) is 8.70. The van der Waals surface area contributed by atoms with Crippen molar-refractivity contribution in [3.63, 3.8) is 0 Å². The number of hydrogen-bond donors (Lipinski definition) is 0. The lowest BCUT2D eigenvalue weighted by Gasteiger charge is -2.08. The Morgan fingerprint density at radius 1 is 0.771 bits per heavy atom. The number of amides is 1. The summed E-state index contributed by atoms with van der Waals surface area (Å²) in [6.07, 6.45) is 0. The highest BCUT2D eigenvalue weighted by atomic mass is 16.5. The van der Waals surface area contributed by atoms with Crippen LogP contribution in [0.4, 0.5) is 0 Å². The first-order valence-electron chi connectivity index (χ1n) is 11.5. The molecule has 1 aliphatic heterocycles. The van der Waals surface area contributed by atoms with Crippen molar-refractivity contribution >= 4 is 44.0 Å². The molecule has 4 nitrogen and oxygen atoms in total. The first kappa shape index (κ1) is 19.7. The molecule has 5 aromatic carbocycles. The molecule has 35 heavy (non-hydrogen) atoms. The quantitative estimate of drug-likeness (QED) is 0.342. The van der Waals surface area contributed by atoms with E-state index in [4.69, 9.17) is 9.15 Å². The third-order valence-corrected chi connectivity index (χ3v) is 6.75. The molecule has 2 heterocycles. The maximum atomic E-state index is 13.4. The third kappa shape index (κ3) is 2.93. The summed E-state index contributed by atoms with van der Waals surface area (Å²) in [5.41, 5.74) is 2.97. The third-order valence-electron chi connectivity index (χ3n) is 6.75. The summed E-state index contributed by atoms with van der Waals surface area (Å²) in [5, 5.41) is 6.66. The van der Waals surface area contributed by atoms with Crippen LogP contribution in [-0.2, 0) is 4.79 Å². The summed E-state index contributed by atoms with van der Waals surface area (Å²) >= 11 is 0. The van der Waals surface area contributed by atoms with Crippen LogP contribution in [0.2, 0.25) is 0 Å². The molecule has 0 saturated carbocycles. The van der Waals surface area contributed by atoms with Gasteiger partial charge in [-0.15, -0.1) is 0 Å². The Hall–Kier alpha value is -4.70. The van der Waals surface area contributed by atoms with Gasteiger partial charge in [-0.3, -0.25) is 4.79 Å². The topological polar surface area (TPSA) is 51.8 Å². The van der Waals surface area contributed by atoms with E-state index in [1.165, 1.54) is 0 Å². The number of methoxy groups -OCH3 is 1. The van der Waals surface area contributed by atoms with Gasteiger partial charge in [-0.2, -0.15) is 0 Å². The SMILES string of the molecule is COc1ccc2ccc3oc(-c4ccc5ccccc5c4)c(C4=c5ccccc5=NC4=O)c3c2c1. The number of ether oxygens (including phenoxy) is 1. The van der Waals surface area contributed by atoms with Crippen molar-refractivity contribution in [3.05, 3.63) is 113 Å². The lowest BCUT2D eigenvalue weighted by atomic mass is 9.93. The van der Waals surface area contributed by atoms with Gasteiger partial charge < -0.3 is 9.15 Å². The van der Waals surface area contributed by atoms with Gasteiger partial charge in [-0.25, -0.2) is 4.99 Å². The number of hydrogen-bond acceptors (Lipinski definition) is 3. The van der Waals surface area contributed by atoms with E-state index < -0.39 is 0 Å². The molecule has 166 valence electrons. The number of nitrogens with zero attached hydrogens (tertiary/aromatic N) is 1. The van der Waals surface area contributed by atoms with Gasteiger partial charge in [0.1, 0.15) is 17.1 Å². The highest BCUT2D eigenvalue weighted by Gasteiger charge is 2.28. The lowest BCUT2D eigenvalue weighted by molar-refractivity contribution is -0.112. The normalized spacial score (nSPS) is 12.9. The number of para-hydroxylation sites is 1. The fourth-order valence-corrected chi connectivity index (χ4v) is 5.10. The fourth-order valence-electron chi connectivity index (χ4n) is 5.10. The van der Waals surface area contributed by atoms with Gasteiger partial charge in [-0.05, 0) is 51.9 Å². The number of carbonyl (C=O) groups is 1. The van der Waals surface area contributed by atoms with Gasteiger partial charge in [0, 0.05) is 21.7 Å². The monoisotopic (exact) mass is 453 g/mol. The molecule has 0 unspecified atom stereocenters.